The number of morpholine rings is 1. The van der Waals surface area contributed by atoms with Crippen LogP contribution in [-0.4, -0.2) is 98.0 Å². The van der Waals surface area contributed by atoms with Gasteiger partial charge in [-0.15, -0.1) is 11.3 Å². The van der Waals surface area contributed by atoms with Gasteiger partial charge in [-0.05, 0) is 23.6 Å². The fraction of sp³-hybridized carbons (Fsp3) is 0.722. The molecule has 7 nitrogen and oxygen atoms in total. The summed E-state index contributed by atoms with van der Waals surface area (Å²) in [7, 11) is -3.63. The molecule has 3 saturated heterocycles. The summed E-state index contributed by atoms with van der Waals surface area (Å²) in [5.41, 5.74) is -0.0650. The van der Waals surface area contributed by atoms with E-state index >= 15 is 0 Å². The highest BCUT2D eigenvalue weighted by molar-refractivity contribution is 7.99. The maximum absolute atomic E-state index is 13.1. The Kier molecular flexibility index (Phi) is 7.14. The number of amides is 1. The van der Waals surface area contributed by atoms with E-state index in [2.05, 4.69) is 10.2 Å². The Morgan fingerprint density at radius 1 is 1.14 bits per heavy atom. The standard InChI is InChI=1S/C18H27N3O4S4/c22-17(19-13-18(2-10-27-14-18)20-3-7-25-8-4-20)16-15(1-9-28-16)29(23,24)21-5-11-26-12-6-21/h1,9H,2-8,10-14H2,(H,19,22). The second-order valence-corrected chi connectivity index (χ2v) is 12.6. The molecule has 0 aromatic carbocycles. The van der Waals surface area contributed by atoms with E-state index in [1.54, 1.807) is 23.2 Å². The largest absolute Gasteiger partial charge is 0.379 e. The molecular formula is C18H27N3O4S4. The van der Waals surface area contributed by atoms with Gasteiger partial charge in [0, 0.05) is 55.5 Å². The number of hydrogen-bond acceptors (Lipinski definition) is 8. The van der Waals surface area contributed by atoms with Gasteiger partial charge in [-0.1, -0.05) is 0 Å². The number of carbonyl (C=O) groups excluding carboxylic acids is 1. The van der Waals surface area contributed by atoms with Crippen LogP contribution in [0, 0.1) is 0 Å². The van der Waals surface area contributed by atoms with Crippen molar-refractivity contribution in [3.05, 3.63) is 16.3 Å². The smallest absolute Gasteiger partial charge is 0.262 e. The second-order valence-electron chi connectivity index (χ2n) is 7.44. The Balaban J connectivity index is 1.47. The van der Waals surface area contributed by atoms with Crippen LogP contribution in [-0.2, 0) is 14.8 Å². The highest BCUT2D eigenvalue weighted by atomic mass is 32.2. The summed E-state index contributed by atoms with van der Waals surface area (Å²) in [5.74, 6) is 3.37. The minimum atomic E-state index is -3.63. The minimum absolute atomic E-state index is 0.0650. The molecular weight excluding hydrogens is 450 g/mol. The molecule has 0 spiro atoms. The highest BCUT2D eigenvalue weighted by Crippen LogP contribution is 2.34. The van der Waals surface area contributed by atoms with E-state index in [4.69, 9.17) is 4.74 Å². The van der Waals surface area contributed by atoms with Crippen LogP contribution in [0.25, 0.3) is 0 Å². The molecule has 1 amide bonds. The van der Waals surface area contributed by atoms with E-state index in [-0.39, 0.29) is 16.3 Å². The van der Waals surface area contributed by atoms with Crippen molar-refractivity contribution in [1.82, 2.24) is 14.5 Å². The van der Waals surface area contributed by atoms with Gasteiger partial charge in [0.05, 0.1) is 13.2 Å². The normalized spacial score (nSPS) is 27.2. The van der Waals surface area contributed by atoms with Gasteiger partial charge in [-0.3, -0.25) is 9.69 Å². The first kappa shape index (κ1) is 21.9. The molecule has 29 heavy (non-hydrogen) atoms. The lowest BCUT2D eigenvalue weighted by molar-refractivity contribution is -0.0129. The number of thiophene rings is 1. The fourth-order valence-electron chi connectivity index (χ4n) is 4.05. The monoisotopic (exact) mass is 477 g/mol. The number of nitrogens with one attached hydrogen (secondary N) is 1. The lowest BCUT2D eigenvalue weighted by Crippen LogP contribution is -2.59. The molecule has 0 radical (unpaired) electrons. The second kappa shape index (κ2) is 9.46. The Bertz CT molecular complexity index is 811. The molecule has 162 valence electrons. The first-order valence-corrected chi connectivity index (χ1v) is 14.5. The van der Waals surface area contributed by atoms with E-state index in [1.807, 2.05) is 11.8 Å². The van der Waals surface area contributed by atoms with Gasteiger partial charge in [0.25, 0.3) is 5.91 Å². The summed E-state index contributed by atoms with van der Waals surface area (Å²) in [6, 6.07) is 1.57. The molecule has 1 aromatic heterocycles. The zero-order chi connectivity index (χ0) is 20.3. The van der Waals surface area contributed by atoms with Gasteiger partial charge in [0.15, 0.2) is 0 Å². The molecule has 1 aromatic rings. The molecule has 3 fully saturated rings. The van der Waals surface area contributed by atoms with Crippen LogP contribution in [0.4, 0.5) is 0 Å². The third-order valence-electron chi connectivity index (χ3n) is 5.77. The van der Waals surface area contributed by atoms with Crippen molar-refractivity contribution in [2.45, 2.75) is 16.9 Å². The van der Waals surface area contributed by atoms with Gasteiger partial charge in [0.1, 0.15) is 9.77 Å². The lowest BCUT2D eigenvalue weighted by Gasteiger charge is -2.43. The number of thioether (sulfide) groups is 2. The molecule has 1 atom stereocenters. The molecule has 4 heterocycles. The number of ether oxygens (including phenoxy) is 1. The van der Waals surface area contributed by atoms with Crippen molar-refractivity contribution < 1.29 is 17.9 Å². The van der Waals surface area contributed by atoms with E-state index in [1.165, 1.54) is 15.6 Å². The average Bonchev–Trinajstić information content (AvgIpc) is 3.44. The minimum Gasteiger partial charge on any atom is -0.379 e. The van der Waals surface area contributed by atoms with E-state index in [0.29, 0.717) is 24.5 Å². The summed E-state index contributed by atoms with van der Waals surface area (Å²) < 4.78 is 33.1. The Morgan fingerprint density at radius 2 is 1.90 bits per heavy atom. The molecule has 0 bridgehead atoms. The SMILES string of the molecule is O=C(NCC1(N2CCOCC2)CCSC1)c1sccc1S(=O)(=O)N1CCSCC1. The van der Waals surface area contributed by atoms with Crippen LogP contribution >= 0.6 is 34.9 Å². The Morgan fingerprint density at radius 3 is 2.59 bits per heavy atom. The van der Waals surface area contributed by atoms with Crippen LogP contribution in [0.2, 0.25) is 0 Å². The van der Waals surface area contributed by atoms with Gasteiger partial charge in [-0.2, -0.15) is 27.8 Å². The number of sulfonamides is 1. The number of hydrogen-bond donors (Lipinski definition) is 1. The zero-order valence-corrected chi connectivity index (χ0v) is 19.6. The van der Waals surface area contributed by atoms with Crippen LogP contribution in [0.5, 0.6) is 0 Å². The third kappa shape index (κ3) is 4.65. The maximum atomic E-state index is 13.1. The molecule has 11 heteroatoms. The van der Waals surface area contributed by atoms with Crippen molar-refractivity contribution in [3.8, 4) is 0 Å². The highest BCUT2D eigenvalue weighted by Gasteiger charge is 2.41. The van der Waals surface area contributed by atoms with Gasteiger partial charge >= 0.3 is 0 Å². The summed E-state index contributed by atoms with van der Waals surface area (Å²) in [6.45, 7) is 4.74. The summed E-state index contributed by atoms with van der Waals surface area (Å²) >= 11 is 4.88. The molecule has 3 aliphatic heterocycles. The average molecular weight is 478 g/mol. The van der Waals surface area contributed by atoms with Crippen LogP contribution in [0.3, 0.4) is 0 Å². The predicted molar refractivity (Wildman–Crippen MR) is 120 cm³/mol. The molecule has 1 N–H and O–H groups in total. The zero-order valence-electron chi connectivity index (χ0n) is 16.3. The van der Waals surface area contributed by atoms with Crippen molar-refractivity contribution in [2.24, 2.45) is 0 Å². The van der Waals surface area contributed by atoms with Crippen LogP contribution < -0.4 is 5.32 Å². The van der Waals surface area contributed by atoms with Gasteiger partial charge < -0.3 is 10.1 Å². The number of carbonyl (C=O) groups is 1. The van der Waals surface area contributed by atoms with Crippen molar-refractivity contribution in [1.29, 1.82) is 0 Å². The van der Waals surface area contributed by atoms with Gasteiger partial charge in [-0.25, -0.2) is 8.42 Å². The topological polar surface area (TPSA) is 79.0 Å². The number of nitrogens with zero attached hydrogens (tertiary/aromatic N) is 2. The lowest BCUT2D eigenvalue weighted by atomic mass is 9.95. The molecule has 4 rings (SSSR count). The molecule has 3 aliphatic rings. The predicted octanol–water partition coefficient (Wildman–Crippen LogP) is 1.42. The van der Waals surface area contributed by atoms with Gasteiger partial charge in [0.2, 0.25) is 10.0 Å². The number of rotatable bonds is 6. The summed E-state index contributed by atoms with van der Waals surface area (Å²) in [6.07, 6.45) is 1.03. The molecule has 1 unspecified atom stereocenters. The summed E-state index contributed by atoms with van der Waals surface area (Å²) in [5, 5.41) is 4.77. The first-order chi connectivity index (χ1) is 14.0. The fourth-order valence-corrected chi connectivity index (χ4v) is 9.42. The Labute approximate surface area is 185 Å². The van der Waals surface area contributed by atoms with E-state index < -0.39 is 10.0 Å². The Hall–Kier alpha value is -0.300. The third-order valence-corrected chi connectivity index (χ3v) is 10.9. The van der Waals surface area contributed by atoms with Crippen molar-refractivity contribution in [2.75, 3.05) is 68.9 Å². The van der Waals surface area contributed by atoms with E-state index in [0.717, 1.165) is 55.7 Å². The van der Waals surface area contributed by atoms with E-state index in [9.17, 15) is 13.2 Å². The summed E-state index contributed by atoms with van der Waals surface area (Å²) in [4.78, 5) is 15.9. The first-order valence-electron chi connectivity index (χ1n) is 9.87. The molecule has 0 aliphatic carbocycles. The van der Waals surface area contributed by atoms with Crippen molar-refractivity contribution in [3.63, 3.8) is 0 Å². The molecule has 0 saturated carbocycles. The van der Waals surface area contributed by atoms with Crippen LogP contribution in [0.1, 0.15) is 16.1 Å². The van der Waals surface area contributed by atoms with Crippen molar-refractivity contribution >= 4 is 50.8 Å². The quantitative estimate of drug-likeness (QED) is 0.664. The maximum Gasteiger partial charge on any atom is 0.262 e. The van der Waals surface area contributed by atoms with Crippen LogP contribution in [0.15, 0.2) is 16.3 Å².